The smallest absolute Gasteiger partial charge is 0.270 e. The molecular formula is C25H26ClN5O4. The van der Waals surface area contributed by atoms with Crippen molar-refractivity contribution in [3.63, 3.8) is 0 Å². The van der Waals surface area contributed by atoms with Gasteiger partial charge in [-0.05, 0) is 17.7 Å². The van der Waals surface area contributed by atoms with Gasteiger partial charge in [0.1, 0.15) is 24.2 Å². The van der Waals surface area contributed by atoms with E-state index in [4.69, 9.17) is 21.1 Å². The molecule has 2 amide bonds. The Bertz CT molecular complexity index is 1230. The Morgan fingerprint density at radius 2 is 2.11 bits per heavy atom. The molecule has 2 atom stereocenters. The first kappa shape index (κ1) is 23.3. The van der Waals surface area contributed by atoms with E-state index in [2.05, 4.69) is 15.4 Å². The highest BCUT2D eigenvalue weighted by molar-refractivity contribution is 6.30. The first-order chi connectivity index (χ1) is 17.0. The normalized spacial score (nSPS) is 19.8. The lowest BCUT2D eigenvalue weighted by atomic mass is 9.98. The van der Waals surface area contributed by atoms with Gasteiger partial charge in [0.2, 0.25) is 5.91 Å². The second-order valence-corrected chi connectivity index (χ2v) is 9.23. The number of nitrogens with zero attached hydrogens (tertiary/aromatic N) is 4. The Labute approximate surface area is 208 Å². The largest absolute Gasteiger partial charge is 0.489 e. The zero-order valence-electron chi connectivity index (χ0n) is 19.3. The number of hydrogen-bond acceptors (Lipinski definition) is 6. The number of fused-ring (bicyclic) bond motifs is 1. The summed E-state index contributed by atoms with van der Waals surface area (Å²) in [5, 5.41) is 7.79. The summed E-state index contributed by atoms with van der Waals surface area (Å²) in [4.78, 5) is 31.3. The monoisotopic (exact) mass is 495 g/mol. The highest BCUT2D eigenvalue weighted by atomic mass is 35.5. The van der Waals surface area contributed by atoms with Gasteiger partial charge in [0, 0.05) is 67.6 Å². The topological polar surface area (TPSA) is 98.6 Å². The number of morpholine rings is 1. The zero-order chi connectivity index (χ0) is 24.4. The van der Waals surface area contributed by atoms with Crippen LogP contribution in [0.25, 0.3) is 11.1 Å². The van der Waals surface area contributed by atoms with Crippen LogP contribution in [-0.2, 0) is 23.1 Å². The number of nitrogens with one attached hydrogen (secondary N) is 1. The molecule has 0 spiro atoms. The van der Waals surface area contributed by atoms with Gasteiger partial charge >= 0.3 is 0 Å². The van der Waals surface area contributed by atoms with Gasteiger partial charge in [-0.3, -0.25) is 19.3 Å². The van der Waals surface area contributed by atoms with Gasteiger partial charge in [-0.15, -0.1) is 0 Å². The lowest BCUT2D eigenvalue weighted by molar-refractivity contribution is -0.152. The first-order valence-electron chi connectivity index (χ1n) is 11.5. The number of carbonyl (C=O) groups is 2. The number of rotatable bonds is 6. The molecule has 1 aromatic carbocycles. The molecule has 9 nitrogen and oxygen atoms in total. The molecule has 2 fully saturated rings. The Kier molecular flexibility index (Phi) is 6.70. The van der Waals surface area contributed by atoms with Gasteiger partial charge in [0.25, 0.3) is 5.91 Å². The molecule has 4 heterocycles. The number of aromatic nitrogens is 3. The SMILES string of the molecule is Cn1cc(-c2cnc(C(=O)NCc3ccc(Cl)cc3)cc2O[C@H]2CCN3C(=O)COC[C@@H]3C2)cn1. The van der Waals surface area contributed by atoms with Crippen LogP contribution in [-0.4, -0.2) is 63.4 Å². The Balaban J connectivity index is 1.35. The molecule has 2 aliphatic rings. The van der Waals surface area contributed by atoms with E-state index < -0.39 is 0 Å². The number of aryl methyl sites for hydroxylation is 1. The van der Waals surface area contributed by atoms with Crippen molar-refractivity contribution >= 4 is 23.4 Å². The van der Waals surface area contributed by atoms with Gasteiger partial charge in [0.15, 0.2) is 0 Å². The summed E-state index contributed by atoms with van der Waals surface area (Å²) >= 11 is 5.94. The number of hydrogen-bond donors (Lipinski definition) is 1. The van der Waals surface area contributed by atoms with Crippen molar-refractivity contribution < 1.29 is 19.1 Å². The third kappa shape index (κ3) is 5.31. The number of carbonyl (C=O) groups excluding carboxylic acids is 2. The van der Waals surface area contributed by atoms with E-state index in [0.29, 0.717) is 43.3 Å². The van der Waals surface area contributed by atoms with Gasteiger partial charge in [-0.2, -0.15) is 5.10 Å². The molecule has 5 rings (SSSR count). The Hall–Kier alpha value is -3.43. The molecule has 1 N–H and O–H groups in total. The van der Waals surface area contributed by atoms with Crippen molar-refractivity contribution in [2.45, 2.75) is 31.5 Å². The second-order valence-electron chi connectivity index (χ2n) is 8.80. The quantitative estimate of drug-likeness (QED) is 0.564. The second kappa shape index (κ2) is 10.1. The average Bonchev–Trinajstić information content (AvgIpc) is 3.29. The molecule has 0 saturated carbocycles. The molecule has 0 unspecified atom stereocenters. The van der Waals surface area contributed by atoms with Crippen molar-refractivity contribution in [1.82, 2.24) is 25.0 Å². The van der Waals surface area contributed by atoms with Crippen LogP contribution in [0.2, 0.25) is 5.02 Å². The fourth-order valence-electron chi connectivity index (χ4n) is 4.46. The van der Waals surface area contributed by atoms with E-state index >= 15 is 0 Å². The van der Waals surface area contributed by atoms with Gasteiger partial charge < -0.3 is 19.7 Å². The van der Waals surface area contributed by atoms with Crippen LogP contribution in [0, 0.1) is 0 Å². The maximum atomic E-state index is 12.9. The number of pyridine rings is 1. The summed E-state index contributed by atoms with van der Waals surface area (Å²) in [7, 11) is 1.84. The van der Waals surface area contributed by atoms with Crippen LogP contribution < -0.4 is 10.1 Å². The van der Waals surface area contributed by atoms with Crippen LogP contribution >= 0.6 is 11.6 Å². The molecule has 182 valence electrons. The minimum atomic E-state index is -0.302. The number of piperidine rings is 1. The van der Waals surface area contributed by atoms with E-state index in [1.807, 2.05) is 30.3 Å². The predicted octanol–water partition coefficient (Wildman–Crippen LogP) is 2.83. The van der Waals surface area contributed by atoms with Gasteiger partial charge in [-0.1, -0.05) is 23.7 Å². The van der Waals surface area contributed by atoms with Crippen LogP contribution in [0.3, 0.4) is 0 Å². The number of benzene rings is 1. The molecule has 0 bridgehead atoms. The summed E-state index contributed by atoms with van der Waals surface area (Å²) in [6, 6.07) is 8.97. The van der Waals surface area contributed by atoms with Crippen molar-refractivity contribution in [1.29, 1.82) is 0 Å². The highest BCUT2D eigenvalue weighted by Crippen LogP contribution is 2.33. The van der Waals surface area contributed by atoms with Crippen LogP contribution in [0.1, 0.15) is 28.9 Å². The lowest BCUT2D eigenvalue weighted by Gasteiger charge is -2.41. The number of ether oxygens (including phenoxy) is 2. The Morgan fingerprint density at radius 1 is 1.29 bits per heavy atom. The lowest BCUT2D eigenvalue weighted by Crippen LogP contribution is -2.55. The fourth-order valence-corrected chi connectivity index (χ4v) is 4.59. The predicted molar refractivity (Wildman–Crippen MR) is 129 cm³/mol. The standard InChI is InChI=1S/C25H26ClN5O4/c1-30-13-17(11-29-30)21-12-27-22(25(33)28-10-16-2-4-18(26)5-3-16)9-23(21)35-20-6-7-31-19(8-20)14-34-15-24(31)32/h2-5,9,11-13,19-20H,6-8,10,14-15H2,1H3,(H,28,33)/t19-,20-/m0/s1. The van der Waals surface area contributed by atoms with Crippen LogP contribution in [0.15, 0.2) is 48.9 Å². The molecule has 0 aliphatic carbocycles. The molecule has 2 saturated heterocycles. The average molecular weight is 496 g/mol. The van der Waals surface area contributed by atoms with Crippen molar-refractivity contribution in [2.24, 2.45) is 7.05 Å². The summed E-state index contributed by atoms with van der Waals surface area (Å²) in [5.74, 6) is 0.286. The van der Waals surface area contributed by atoms with Gasteiger partial charge in [0.05, 0.1) is 18.8 Å². The van der Waals surface area contributed by atoms with Crippen LogP contribution in [0.5, 0.6) is 5.75 Å². The maximum Gasteiger partial charge on any atom is 0.270 e. The van der Waals surface area contributed by atoms with Gasteiger partial charge in [-0.25, -0.2) is 0 Å². The maximum absolute atomic E-state index is 12.9. The third-order valence-electron chi connectivity index (χ3n) is 6.30. The minimum Gasteiger partial charge on any atom is -0.489 e. The summed E-state index contributed by atoms with van der Waals surface area (Å²) in [6.07, 6.45) is 6.51. The molecule has 2 aromatic heterocycles. The van der Waals surface area contributed by atoms with E-state index in [1.54, 1.807) is 35.3 Å². The third-order valence-corrected chi connectivity index (χ3v) is 6.55. The van der Waals surface area contributed by atoms with E-state index in [-0.39, 0.29) is 36.3 Å². The van der Waals surface area contributed by atoms with Crippen molar-refractivity contribution in [2.75, 3.05) is 19.8 Å². The van der Waals surface area contributed by atoms with E-state index in [9.17, 15) is 9.59 Å². The first-order valence-corrected chi connectivity index (χ1v) is 11.9. The zero-order valence-corrected chi connectivity index (χ0v) is 20.1. The van der Waals surface area contributed by atoms with E-state index in [0.717, 1.165) is 16.7 Å². The summed E-state index contributed by atoms with van der Waals surface area (Å²) in [6.45, 7) is 1.63. The molecule has 35 heavy (non-hydrogen) atoms. The van der Waals surface area contributed by atoms with E-state index in [1.165, 1.54) is 0 Å². The van der Waals surface area contributed by atoms with Crippen molar-refractivity contribution in [3.05, 3.63) is 65.2 Å². The molecule has 10 heteroatoms. The number of amides is 2. The summed E-state index contributed by atoms with van der Waals surface area (Å²) in [5.41, 5.74) is 2.79. The molecule has 3 aromatic rings. The summed E-state index contributed by atoms with van der Waals surface area (Å²) < 4.78 is 13.6. The van der Waals surface area contributed by atoms with Crippen molar-refractivity contribution in [3.8, 4) is 16.9 Å². The highest BCUT2D eigenvalue weighted by Gasteiger charge is 2.36. The molecule has 0 radical (unpaired) electrons. The fraction of sp³-hybridized carbons (Fsp3) is 0.360. The number of halogens is 1. The molecular weight excluding hydrogens is 470 g/mol. The molecule has 2 aliphatic heterocycles. The van der Waals surface area contributed by atoms with Crippen LogP contribution in [0.4, 0.5) is 0 Å². The Morgan fingerprint density at radius 3 is 2.89 bits per heavy atom. The minimum absolute atomic E-state index is 0.000763.